The minimum atomic E-state index is -0.0321. The fourth-order valence-electron chi connectivity index (χ4n) is 3.03. The maximum absolute atomic E-state index is 11.9. The molecule has 3 nitrogen and oxygen atoms in total. The van der Waals surface area contributed by atoms with Crippen LogP contribution in [0.4, 0.5) is 0 Å². The number of nitrogens with two attached hydrogens (primary N) is 1. The van der Waals surface area contributed by atoms with E-state index in [2.05, 4.69) is 26.1 Å². The molecule has 0 saturated heterocycles. The van der Waals surface area contributed by atoms with E-state index in [1.54, 1.807) is 0 Å². The fourth-order valence-corrected chi connectivity index (χ4v) is 3.03. The third kappa shape index (κ3) is 4.97. The van der Waals surface area contributed by atoms with Crippen molar-refractivity contribution in [3.05, 3.63) is 0 Å². The van der Waals surface area contributed by atoms with Crippen molar-refractivity contribution in [2.75, 3.05) is 13.1 Å². The van der Waals surface area contributed by atoms with E-state index in [-0.39, 0.29) is 11.8 Å². The van der Waals surface area contributed by atoms with Crippen LogP contribution < -0.4 is 11.1 Å². The van der Waals surface area contributed by atoms with Crippen molar-refractivity contribution < 1.29 is 4.79 Å². The number of carbonyl (C=O) groups excluding carboxylic acids is 1. The topological polar surface area (TPSA) is 55.1 Å². The molecule has 0 aromatic rings. The highest BCUT2D eigenvalue weighted by molar-refractivity contribution is 5.79. The molecule has 1 fully saturated rings. The minimum absolute atomic E-state index is 0.0321. The van der Waals surface area contributed by atoms with Crippen LogP contribution in [-0.4, -0.2) is 19.0 Å². The third-order valence-electron chi connectivity index (χ3n) is 4.29. The van der Waals surface area contributed by atoms with Crippen molar-refractivity contribution >= 4 is 5.91 Å². The van der Waals surface area contributed by atoms with E-state index in [4.69, 9.17) is 5.73 Å². The van der Waals surface area contributed by atoms with Crippen LogP contribution >= 0.6 is 0 Å². The summed E-state index contributed by atoms with van der Waals surface area (Å²) >= 11 is 0. The lowest BCUT2D eigenvalue weighted by molar-refractivity contribution is -0.126. The van der Waals surface area contributed by atoms with Crippen molar-refractivity contribution in [2.24, 2.45) is 29.4 Å². The van der Waals surface area contributed by atoms with Gasteiger partial charge >= 0.3 is 0 Å². The summed E-state index contributed by atoms with van der Waals surface area (Å²) in [6.45, 7) is 7.72. The van der Waals surface area contributed by atoms with Gasteiger partial charge < -0.3 is 11.1 Å². The van der Waals surface area contributed by atoms with Crippen molar-refractivity contribution in [1.29, 1.82) is 0 Å². The zero-order valence-electron chi connectivity index (χ0n) is 12.2. The van der Waals surface area contributed by atoms with Gasteiger partial charge in [0.1, 0.15) is 0 Å². The molecular formula is C15H30N2O. The molecule has 0 aromatic carbocycles. The quantitative estimate of drug-likeness (QED) is 0.765. The van der Waals surface area contributed by atoms with Gasteiger partial charge in [0.15, 0.2) is 0 Å². The van der Waals surface area contributed by atoms with Crippen LogP contribution in [0, 0.1) is 23.7 Å². The van der Waals surface area contributed by atoms with Crippen molar-refractivity contribution in [3.8, 4) is 0 Å². The summed E-state index contributed by atoms with van der Waals surface area (Å²) < 4.78 is 0. The van der Waals surface area contributed by atoms with Gasteiger partial charge in [0.2, 0.25) is 5.91 Å². The summed E-state index contributed by atoms with van der Waals surface area (Å²) in [5.74, 6) is 2.10. The van der Waals surface area contributed by atoms with E-state index in [1.165, 1.54) is 25.7 Å². The van der Waals surface area contributed by atoms with Gasteiger partial charge in [0.25, 0.3) is 0 Å². The Morgan fingerprint density at radius 3 is 2.67 bits per heavy atom. The normalized spacial score (nSPS) is 26.1. The Bertz CT molecular complexity index is 253. The lowest BCUT2D eigenvalue weighted by Crippen LogP contribution is -2.38. The molecule has 1 aliphatic carbocycles. The second-order valence-electron chi connectivity index (χ2n) is 6.30. The van der Waals surface area contributed by atoms with Crippen LogP contribution in [0.5, 0.6) is 0 Å². The maximum Gasteiger partial charge on any atom is 0.224 e. The van der Waals surface area contributed by atoms with Crippen LogP contribution in [0.3, 0.4) is 0 Å². The molecule has 1 saturated carbocycles. The second kappa shape index (κ2) is 7.78. The molecule has 1 rings (SSSR count). The number of rotatable bonds is 6. The zero-order chi connectivity index (χ0) is 13.5. The smallest absolute Gasteiger partial charge is 0.224 e. The Labute approximate surface area is 112 Å². The summed E-state index contributed by atoms with van der Waals surface area (Å²) in [5, 5.41) is 3.06. The lowest BCUT2D eigenvalue weighted by Gasteiger charge is -2.27. The van der Waals surface area contributed by atoms with Gasteiger partial charge in [-0.3, -0.25) is 4.79 Å². The fraction of sp³-hybridized carbons (Fsp3) is 0.933. The Hall–Kier alpha value is -0.570. The first-order chi connectivity index (χ1) is 8.54. The summed E-state index contributed by atoms with van der Waals surface area (Å²) in [6, 6.07) is 0. The highest BCUT2D eigenvalue weighted by atomic mass is 16.1. The van der Waals surface area contributed by atoms with E-state index in [0.717, 1.165) is 24.8 Å². The summed E-state index contributed by atoms with van der Waals surface area (Å²) in [6.07, 6.45) is 6.54. The Balaban J connectivity index is 2.22. The van der Waals surface area contributed by atoms with Gasteiger partial charge in [-0.2, -0.15) is 0 Å². The first kappa shape index (κ1) is 15.5. The number of hydrogen-bond acceptors (Lipinski definition) is 2. The average molecular weight is 254 g/mol. The number of nitrogens with one attached hydrogen (secondary N) is 1. The van der Waals surface area contributed by atoms with E-state index in [0.29, 0.717) is 12.5 Å². The van der Waals surface area contributed by atoms with Crippen LogP contribution in [0.25, 0.3) is 0 Å². The van der Waals surface area contributed by atoms with Crippen LogP contribution in [0.15, 0.2) is 0 Å². The lowest BCUT2D eigenvalue weighted by atomic mass is 9.81. The van der Waals surface area contributed by atoms with E-state index >= 15 is 0 Å². The van der Waals surface area contributed by atoms with Crippen molar-refractivity contribution in [3.63, 3.8) is 0 Å². The van der Waals surface area contributed by atoms with Crippen molar-refractivity contribution in [2.45, 2.75) is 52.9 Å². The van der Waals surface area contributed by atoms with Gasteiger partial charge in [-0.15, -0.1) is 0 Å². The Kier molecular flexibility index (Phi) is 6.69. The number of amides is 1. The maximum atomic E-state index is 11.9. The van der Waals surface area contributed by atoms with E-state index in [9.17, 15) is 4.79 Å². The molecule has 1 amide bonds. The van der Waals surface area contributed by atoms with Gasteiger partial charge in [0.05, 0.1) is 5.92 Å². The number of carbonyl (C=O) groups is 1. The van der Waals surface area contributed by atoms with Crippen molar-refractivity contribution in [1.82, 2.24) is 5.32 Å². The molecule has 0 radical (unpaired) electrons. The summed E-state index contributed by atoms with van der Waals surface area (Å²) in [7, 11) is 0. The van der Waals surface area contributed by atoms with Gasteiger partial charge in [-0.05, 0) is 30.6 Å². The van der Waals surface area contributed by atoms with E-state index in [1.807, 2.05) is 0 Å². The average Bonchev–Trinajstić information content (AvgIpc) is 2.29. The molecule has 3 heteroatoms. The molecule has 0 heterocycles. The molecule has 0 aromatic heterocycles. The minimum Gasteiger partial charge on any atom is -0.356 e. The van der Waals surface area contributed by atoms with Crippen LogP contribution in [0.1, 0.15) is 52.9 Å². The molecule has 18 heavy (non-hydrogen) atoms. The first-order valence-electron chi connectivity index (χ1n) is 7.52. The monoisotopic (exact) mass is 254 g/mol. The highest BCUT2D eigenvalue weighted by Crippen LogP contribution is 2.30. The molecule has 3 unspecified atom stereocenters. The molecule has 1 aliphatic rings. The molecule has 0 spiro atoms. The first-order valence-corrected chi connectivity index (χ1v) is 7.52. The molecule has 0 aliphatic heterocycles. The second-order valence-corrected chi connectivity index (χ2v) is 6.30. The predicted octanol–water partition coefficient (Wildman–Crippen LogP) is 2.55. The Morgan fingerprint density at radius 1 is 1.39 bits per heavy atom. The summed E-state index contributed by atoms with van der Waals surface area (Å²) in [4.78, 5) is 11.9. The molecular weight excluding hydrogens is 224 g/mol. The van der Waals surface area contributed by atoms with Crippen LogP contribution in [-0.2, 0) is 4.79 Å². The standard InChI is InChI=1S/C15H30N2O/c1-11(2)14(10-16)15(18)17-8-7-13-6-4-5-12(3)9-13/h11-14H,4-10,16H2,1-3H3,(H,17,18). The molecule has 0 bridgehead atoms. The zero-order valence-corrected chi connectivity index (χ0v) is 12.2. The highest BCUT2D eigenvalue weighted by Gasteiger charge is 2.21. The summed E-state index contributed by atoms with van der Waals surface area (Å²) in [5.41, 5.74) is 5.65. The molecule has 3 atom stereocenters. The largest absolute Gasteiger partial charge is 0.356 e. The molecule has 3 N–H and O–H groups in total. The van der Waals surface area contributed by atoms with Gasteiger partial charge in [-0.1, -0.05) is 40.0 Å². The predicted molar refractivity (Wildman–Crippen MR) is 76.1 cm³/mol. The third-order valence-corrected chi connectivity index (χ3v) is 4.29. The number of hydrogen-bond donors (Lipinski definition) is 2. The van der Waals surface area contributed by atoms with E-state index < -0.39 is 0 Å². The SMILES string of the molecule is CC1CCCC(CCNC(=O)C(CN)C(C)C)C1. The van der Waals surface area contributed by atoms with Gasteiger partial charge in [0, 0.05) is 13.1 Å². The Morgan fingerprint density at radius 2 is 2.11 bits per heavy atom. The van der Waals surface area contributed by atoms with Gasteiger partial charge in [-0.25, -0.2) is 0 Å². The van der Waals surface area contributed by atoms with Crippen LogP contribution in [0.2, 0.25) is 0 Å². The molecule has 106 valence electrons.